The van der Waals surface area contributed by atoms with Crippen LogP contribution in [0, 0.1) is 19.8 Å². The quantitative estimate of drug-likeness (QED) is 0.693. The Morgan fingerprint density at radius 3 is 2.92 bits per heavy atom. The summed E-state index contributed by atoms with van der Waals surface area (Å²) in [5, 5.41) is 7.45. The zero-order valence-corrected chi connectivity index (χ0v) is 14.6. The summed E-state index contributed by atoms with van der Waals surface area (Å²) < 4.78 is 6.59. The van der Waals surface area contributed by atoms with Gasteiger partial charge in [-0.05, 0) is 25.8 Å². The fourth-order valence-corrected chi connectivity index (χ4v) is 2.81. The van der Waals surface area contributed by atoms with E-state index in [-0.39, 0.29) is 11.9 Å². The number of esters is 1. The van der Waals surface area contributed by atoms with Gasteiger partial charge in [0.1, 0.15) is 12.1 Å². The number of nitrogens with one attached hydrogen (secondary N) is 1. The molecule has 7 nitrogen and oxygen atoms in total. The van der Waals surface area contributed by atoms with E-state index in [9.17, 15) is 4.79 Å². The smallest absolute Gasteiger partial charge is 0.310 e. The molecular formula is C18H21N5O2. The second kappa shape index (κ2) is 7.29. The molecule has 1 N–H and O–H groups in total. The number of benzene rings is 1. The first-order chi connectivity index (χ1) is 12.1. The molecule has 2 heterocycles. The molecule has 0 aliphatic rings. The number of ether oxygens (including phenoxy) is 1. The van der Waals surface area contributed by atoms with Gasteiger partial charge in [-0.25, -0.2) is 4.98 Å². The summed E-state index contributed by atoms with van der Waals surface area (Å²) in [5.74, 6) is 0.724. The molecule has 2 aromatic heterocycles. The number of aryl methyl sites for hydroxylation is 2. The average Bonchev–Trinajstić information content (AvgIpc) is 3.06. The standard InChI is InChI=1S/C18H21N5O2/c1-12-5-4-6-14(7-12)9-15(17(24)25-3)10-19-16-8-13(2)22-18-20-11-21-23(16)18/h4-8,11,15,19H,9-10H2,1-3H3. The fraction of sp³-hybridized carbons (Fsp3) is 0.333. The lowest BCUT2D eigenvalue weighted by Gasteiger charge is -2.17. The van der Waals surface area contributed by atoms with Crippen molar-refractivity contribution < 1.29 is 9.53 Å². The van der Waals surface area contributed by atoms with Crippen molar-refractivity contribution >= 4 is 17.6 Å². The minimum atomic E-state index is -0.307. The van der Waals surface area contributed by atoms with Gasteiger partial charge in [-0.1, -0.05) is 29.8 Å². The second-order valence-corrected chi connectivity index (χ2v) is 6.05. The molecule has 1 unspecified atom stereocenters. The van der Waals surface area contributed by atoms with Crippen molar-refractivity contribution in [2.24, 2.45) is 5.92 Å². The summed E-state index contributed by atoms with van der Waals surface area (Å²) in [6, 6.07) is 10.0. The Kier molecular flexibility index (Phi) is 4.92. The Bertz CT molecular complexity index is 890. The zero-order valence-electron chi connectivity index (χ0n) is 14.6. The van der Waals surface area contributed by atoms with E-state index in [4.69, 9.17) is 4.74 Å². The summed E-state index contributed by atoms with van der Waals surface area (Å²) in [6.45, 7) is 4.36. The van der Waals surface area contributed by atoms with Crippen LogP contribution in [0.1, 0.15) is 16.8 Å². The van der Waals surface area contributed by atoms with E-state index >= 15 is 0 Å². The summed E-state index contributed by atoms with van der Waals surface area (Å²) >= 11 is 0. The molecule has 0 bridgehead atoms. The topological polar surface area (TPSA) is 81.4 Å². The molecule has 3 aromatic rings. The van der Waals surface area contributed by atoms with Gasteiger partial charge in [0.2, 0.25) is 0 Å². The largest absolute Gasteiger partial charge is 0.469 e. The van der Waals surface area contributed by atoms with Gasteiger partial charge in [-0.15, -0.1) is 0 Å². The minimum absolute atomic E-state index is 0.241. The van der Waals surface area contributed by atoms with E-state index in [1.807, 2.05) is 38.1 Å². The van der Waals surface area contributed by atoms with E-state index in [0.29, 0.717) is 18.7 Å². The summed E-state index contributed by atoms with van der Waals surface area (Å²) in [7, 11) is 1.41. The number of rotatable bonds is 6. The van der Waals surface area contributed by atoms with E-state index in [1.165, 1.54) is 19.0 Å². The number of hydrogen-bond acceptors (Lipinski definition) is 6. The number of hydrogen-bond donors (Lipinski definition) is 1. The molecule has 1 aromatic carbocycles. The SMILES string of the molecule is COC(=O)C(CNc1cc(C)nc2ncnn12)Cc1cccc(C)c1. The molecule has 0 aliphatic carbocycles. The molecule has 0 fully saturated rings. The first-order valence-corrected chi connectivity index (χ1v) is 8.11. The lowest BCUT2D eigenvalue weighted by Crippen LogP contribution is -2.27. The number of aromatic nitrogens is 4. The monoisotopic (exact) mass is 339 g/mol. The van der Waals surface area contributed by atoms with Crippen molar-refractivity contribution in [1.29, 1.82) is 0 Å². The number of carbonyl (C=O) groups excluding carboxylic acids is 1. The first kappa shape index (κ1) is 16.9. The van der Waals surface area contributed by atoms with E-state index in [0.717, 1.165) is 17.1 Å². The third kappa shape index (κ3) is 3.93. The summed E-state index contributed by atoms with van der Waals surface area (Å²) in [6.07, 6.45) is 2.06. The van der Waals surface area contributed by atoms with Crippen molar-refractivity contribution in [3.05, 3.63) is 53.5 Å². The highest BCUT2D eigenvalue weighted by Gasteiger charge is 2.20. The van der Waals surface area contributed by atoms with E-state index < -0.39 is 0 Å². The van der Waals surface area contributed by atoms with Gasteiger partial charge in [0.05, 0.1) is 13.0 Å². The molecule has 25 heavy (non-hydrogen) atoms. The molecular weight excluding hydrogens is 318 g/mol. The Morgan fingerprint density at radius 2 is 2.16 bits per heavy atom. The highest BCUT2D eigenvalue weighted by Crippen LogP contribution is 2.15. The number of methoxy groups -OCH3 is 1. The van der Waals surface area contributed by atoms with Gasteiger partial charge in [0.25, 0.3) is 5.78 Å². The van der Waals surface area contributed by atoms with Crippen LogP contribution >= 0.6 is 0 Å². The maximum Gasteiger partial charge on any atom is 0.310 e. The van der Waals surface area contributed by atoms with E-state index in [2.05, 4.69) is 26.4 Å². The fourth-order valence-electron chi connectivity index (χ4n) is 2.81. The molecule has 0 amide bonds. The lowest BCUT2D eigenvalue weighted by atomic mass is 9.98. The van der Waals surface area contributed by atoms with E-state index in [1.54, 1.807) is 4.52 Å². The third-order valence-electron chi connectivity index (χ3n) is 4.01. The molecule has 0 radical (unpaired) electrons. The molecule has 3 rings (SSSR count). The minimum Gasteiger partial charge on any atom is -0.469 e. The number of anilines is 1. The highest BCUT2D eigenvalue weighted by atomic mass is 16.5. The highest BCUT2D eigenvalue weighted by molar-refractivity contribution is 5.73. The Morgan fingerprint density at radius 1 is 1.32 bits per heavy atom. The number of carbonyl (C=O) groups is 1. The van der Waals surface area contributed by atoms with Gasteiger partial charge in [-0.3, -0.25) is 4.79 Å². The zero-order chi connectivity index (χ0) is 17.8. The third-order valence-corrected chi connectivity index (χ3v) is 4.01. The van der Waals surface area contributed by atoms with Crippen LogP contribution in [-0.2, 0) is 16.0 Å². The van der Waals surface area contributed by atoms with Crippen LogP contribution in [0.25, 0.3) is 5.78 Å². The predicted molar refractivity (Wildman–Crippen MR) is 94.4 cm³/mol. The van der Waals surface area contributed by atoms with Gasteiger partial charge < -0.3 is 10.1 Å². The van der Waals surface area contributed by atoms with Gasteiger partial charge in [-0.2, -0.15) is 14.6 Å². The Labute approximate surface area is 146 Å². The molecule has 130 valence electrons. The van der Waals surface area contributed by atoms with Crippen molar-refractivity contribution in [3.8, 4) is 0 Å². The van der Waals surface area contributed by atoms with Crippen LogP contribution in [0.15, 0.2) is 36.7 Å². The molecule has 1 atom stereocenters. The Balaban J connectivity index is 1.78. The van der Waals surface area contributed by atoms with Crippen LogP contribution in [0.2, 0.25) is 0 Å². The summed E-state index contributed by atoms with van der Waals surface area (Å²) in [4.78, 5) is 20.6. The average molecular weight is 339 g/mol. The van der Waals surface area contributed by atoms with Crippen molar-refractivity contribution in [2.75, 3.05) is 19.0 Å². The van der Waals surface area contributed by atoms with Crippen LogP contribution in [0.3, 0.4) is 0 Å². The number of nitrogens with zero attached hydrogens (tertiary/aromatic N) is 4. The Hall–Kier alpha value is -2.96. The molecule has 0 spiro atoms. The predicted octanol–water partition coefficient (Wildman–Crippen LogP) is 2.18. The van der Waals surface area contributed by atoms with Crippen molar-refractivity contribution in [1.82, 2.24) is 19.6 Å². The lowest BCUT2D eigenvalue weighted by molar-refractivity contribution is -0.144. The molecule has 7 heteroatoms. The summed E-state index contributed by atoms with van der Waals surface area (Å²) in [5.41, 5.74) is 3.11. The normalized spacial score (nSPS) is 12.1. The van der Waals surface area contributed by atoms with Gasteiger partial charge >= 0.3 is 5.97 Å². The maximum atomic E-state index is 12.2. The molecule has 0 saturated heterocycles. The van der Waals surface area contributed by atoms with Gasteiger partial charge in [0, 0.05) is 18.3 Å². The van der Waals surface area contributed by atoms with Crippen LogP contribution in [0.5, 0.6) is 0 Å². The number of fused-ring (bicyclic) bond motifs is 1. The molecule has 0 aliphatic heterocycles. The first-order valence-electron chi connectivity index (χ1n) is 8.11. The maximum absolute atomic E-state index is 12.2. The van der Waals surface area contributed by atoms with Crippen molar-refractivity contribution in [2.45, 2.75) is 20.3 Å². The van der Waals surface area contributed by atoms with Crippen molar-refractivity contribution in [3.63, 3.8) is 0 Å². The molecule has 0 saturated carbocycles. The van der Waals surface area contributed by atoms with Crippen LogP contribution < -0.4 is 5.32 Å². The second-order valence-electron chi connectivity index (χ2n) is 6.05. The van der Waals surface area contributed by atoms with Crippen LogP contribution in [0.4, 0.5) is 5.82 Å². The van der Waals surface area contributed by atoms with Crippen LogP contribution in [-0.4, -0.2) is 39.2 Å². The van der Waals surface area contributed by atoms with Gasteiger partial charge in [0.15, 0.2) is 0 Å².